The number of carbonyl (C=O) groups is 1. The minimum atomic E-state index is -0.620. The fourth-order valence-electron chi connectivity index (χ4n) is 1.34. The van der Waals surface area contributed by atoms with Crippen LogP contribution in [0, 0.1) is 0 Å². The summed E-state index contributed by atoms with van der Waals surface area (Å²) in [6, 6.07) is 3.68. The molecule has 2 heterocycles. The van der Waals surface area contributed by atoms with Crippen LogP contribution >= 0.6 is 0 Å². The third kappa shape index (κ3) is 1.96. The maximum absolute atomic E-state index is 11.2. The van der Waals surface area contributed by atoms with E-state index in [2.05, 4.69) is 14.9 Å². The zero-order valence-electron chi connectivity index (χ0n) is 8.21. The molecule has 1 atom stereocenters. The summed E-state index contributed by atoms with van der Waals surface area (Å²) in [6.07, 6.45) is 3.17. The van der Waals surface area contributed by atoms with Crippen LogP contribution in [0.4, 0.5) is 0 Å². The van der Waals surface area contributed by atoms with E-state index >= 15 is 0 Å². The van der Waals surface area contributed by atoms with E-state index in [1.165, 1.54) is 7.11 Å². The van der Waals surface area contributed by atoms with E-state index in [1.54, 1.807) is 12.4 Å². The monoisotopic (exact) mass is 206 g/mol. The number of hydrogen-bond acceptors (Lipinski definition) is 5. The molecule has 1 aliphatic heterocycles. The number of esters is 1. The van der Waals surface area contributed by atoms with Crippen LogP contribution in [0.15, 0.2) is 29.7 Å². The molecule has 0 aromatic carbocycles. The van der Waals surface area contributed by atoms with Gasteiger partial charge in [0.05, 0.1) is 12.8 Å². The van der Waals surface area contributed by atoms with Crippen molar-refractivity contribution in [2.45, 2.75) is 12.5 Å². The predicted molar refractivity (Wildman–Crippen MR) is 52.3 cm³/mol. The fourth-order valence-corrected chi connectivity index (χ4v) is 1.34. The lowest BCUT2D eigenvalue weighted by molar-refractivity contribution is -0.152. The van der Waals surface area contributed by atoms with Gasteiger partial charge >= 0.3 is 5.97 Å². The number of ether oxygens (including phenoxy) is 1. The third-order valence-corrected chi connectivity index (χ3v) is 2.13. The number of oxime groups is 1. The molecule has 0 spiro atoms. The van der Waals surface area contributed by atoms with Gasteiger partial charge in [0.15, 0.2) is 0 Å². The van der Waals surface area contributed by atoms with E-state index in [-0.39, 0.29) is 0 Å². The van der Waals surface area contributed by atoms with Gasteiger partial charge in [-0.05, 0) is 12.1 Å². The van der Waals surface area contributed by atoms with Crippen molar-refractivity contribution in [3.05, 3.63) is 30.1 Å². The molecular formula is C10H10N2O3. The van der Waals surface area contributed by atoms with Gasteiger partial charge in [0.25, 0.3) is 0 Å². The molecule has 2 rings (SSSR count). The number of carbonyl (C=O) groups excluding carboxylic acids is 1. The van der Waals surface area contributed by atoms with Crippen LogP contribution < -0.4 is 0 Å². The smallest absolute Gasteiger partial charge is 0.350 e. The molecule has 1 unspecified atom stereocenters. The maximum atomic E-state index is 11.2. The second-order valence-corrected chi connectivity index (χ2v) is 3.10. The second kappa shape index (κ2) is 4.08. The van der Waals surface area contributed by atoms with Crippen LogP contribution in [0.5, 0.6) is 0 Å². The molecule has 0 bridgehead atoms. The molecule has 0 N–H and O–H groups in total. The van der Waals surface area contributed by atoms with E-state index in [9.17, 15) is 4.79 Å². The number of pyridine rings is 1. The fraction of sp³-hybridized carbons (Fsp3) is 0.300. The van der Waals surface area contributed by atoms with Gasteiger partial charge < -0.3 is 9.57 Å². The molecule has 5 nitrogen and oxygen atoms in total. The Morgan fingerprint density at radius 1 is 1.67 bits per heavy atom. The molecule has 0 fully saturated rings. The Kier molecular flexibility index (Phi) is 2.62. The Hall–Kier alpha value is -1.91. The van der Waals surface area contributed by atoms with Crippen LogP contribution in [0.2, 0.25) is 0 Å². The normalized spacial score (nSPS) is 19.3. The molecule has 0 saturated heterocycles. The second-order valence-electron chi connectivity index (χ2n) is 3.10. The molecular weight excluding hydrogens is 196 g/mol. The van der Waals surface area contributed by atoms with Gasteiger partial charge in [-0.25, -0.2) is 4.79 Å². The van der Waals surface area contributed by atoms with Crippen LogP contribution in [-0.4, -0.2) is 29.9 Å². The SMILES string of the molecule is COC(=O)C1CC(c2cccnc2)=NO1. The first-order chi connectivity index (χ1) is 7.31. The summed E-state index contributed by atoms with van der Waals surface area (Å²) in [5.41, 5.74) is 1.59. The average molecular weight is 206 g/mol. The topological polar surface area (TPSA) is 60.8 Å². The van der Waals surface area contributed by atoms with Crippen molar-refractivity contribution in [3.63, 3.8) is 0 Å². The summed E-state index contributed by atoms with van der Waals surface area (Å²) >= 11 is 0. The molecule has 0 aliphatic carbocycles. The van der Waals surface area contributed by atoms with Crippen LogP contribution in [0.25, 0.3) is 0 Å². The van der Waals surface area contributed by atoms with E-state index in [0.29, 0.717) is 6.42 Å². The predicted octanol–water partition coefficient (Wildman–Crippen LogP) is 0.748. The lowest BCUT2D eigenvalue weighted by atomic mass is 10.1. The van der Waals surface area contributed by atoms with E-state index in [4.69, 9.17) is 4.84 Å². The molecule has 15 heavy (non-hydrogen) atoms. The Bertz CT molecular complexity index is 389. The Morgan fingerprint density at radius 3 is 3.20 bits per heavy atom. The summed E-state index contributed by atoms with van der Waals surface area (Å²) in [5.74, 6) is -0.405. The van der Waals surface area contributed by atoms with Crippen molar-refractivity contribution >= 4 is 11.7 Å². The largest absolute Gasteiger partial charge is 0.466 e. The van der Waals surface area contributed by atoms with Gasteiger partial charge in [-0.1, -0.05) is 5.16 Å². The van der Waals surface area contributed by atoms with Crippen molar-refractivity contribution in [2.24, 2.45) is 5.16 Å². The molecule has 0 radical (unpaired) electrons. The standard InChI is InChI=1S/C10H10N2O3/c1-14-10(13)9-5-8(12-15-9)7-3-2-4-11-6-7/h2-4,6,9H,5H2,1H3. The lowest BCUT2D eigenvalue weighted by Crippen LogP contribution is -2.22. The Balaban J connectivity index is 2.07. The van der Waals surface area contributed by atoms with E-state index in [1.807, 2.05) is 12.1 Å². The molecule has 5 heteroatoms. The zero-order chi connectivity index (χ0) is 10.7. The number of nitrogens with zero attached hydrogens (tertiary/aromatic N) is 2. The van der Waals surface area contributed by atoms with Gasteiger partial charge in [-0.2, -0.15) is 0 Å². The molecule has 1 aromatic rings. The summed E-state index contributed by atoms with van der Waals surface area (Å²) in [6.45, 7) is 0. The van der Waals surface area contributed by atoms with Crippen LogP contribution in [0.3, 0.4) is 0 Å². The highest BCUT2D eigenvalue weighted by molar-refractivity contribution is 6.03. The Morgan fingerprint density at radius 2 is 2.53 bits per heavy atom. The van der Waals surface area contributed by atoms with Crippen molar-refractivity contribution in [1.82, 2.24) is 4.98 Å². The van der Waals surface area contributed by atoms with E-state index < -0.39 is 12.1 Å². The van der Waals surface area contributed by atoms with Gasteiger partial charge in [0.1, 0.15) is 0 Å². The maximum Gasteiger partial charge on any atom is 0.350 e. The number of aromatic nitrogens is 1. The highest BCUT2D eigenvalue weighted by Crippen LogP contribution is 2.16. The first-order valence-corrected chi connectivity index (χ1v) is 4.52. The van der Waals surface area contributed by atoms with Gasteiger partial charge in [-0.15, -0.1) is 0 Å². The molecule has 78 valence electrons. The quantitative estimate of drug-likeness (QED) is 0.670. The lowest BCUT2D eigenvalue weighted by Gasteiger charge is -2.03. The zero-order valence-corrected chi connectivity index (χ0v) is 8.21. The first kappa shape index (κ1) is 9.64. The minimum Gasteiger partial charge on any atom is -0.466 e. The Labute approximate surface area is 86.7 Å². The first-order valence-electron chi connectivity index (χ1n) is 4.52. The van der Waals surface area contributed by atoms with Gasteiger partial charge in [-0.3, -0.25) is 4.98 Å². The van der Waals surface area contributed by atoms with Crippen molar-refractivity contribution in [2.75, 3.05) is 7.11 Å². The van der Waals surface area contributed by atoms with Crippen LogP contribution in [0.1, 0.15) is 12.0 Å². The van der Waals surface area contributed by atoms with Crippen LogP contribution in [-0.2, 0) is 14.4 Å². The van der Waals surface area contributed by atoms with Crippen molar-refractivity contribution in [3.8, 4) is 0 Å². The highest BCUT2D eigenvalue weighted by atomic mass is 16.7. The minimum absolute atomic E-state index is 0.405. The highest BCUT2D eigenvalue weighted by Gasteiger charge is 2.29. The number of rotatable bonds is 2. The number of hydrogen-bond donors (Lipinski definition) is 0. The summed E-state index contributed by atoms with van der Waals surface area (Å²) in [5, 5.41) is 3.83. The number of methoxy groups -OCH3 is 1. The summed E-state index contributed by atoms with van der Waals surface area (Å²) in [7, 11) is 1.33. The molecule has 1 aromatic heterocycles. The van der Waals surface area contributed by atoms with E-state index in [0.717, 1.165) is 11.3 Å². The molecule has 1 aliphatic rings. The third-order valence-electron chi connectivity index (χ3n) is 2.13. The van der Waals surface area contributed by atoms with Gasteiger partial charge in [0, 0.05) is 24.4 Å². The molecule has 0 amide bonds. The summed E-state index contributed by atoms with van der Waals surface area (Å²) < 4.78 is 4.57. The van der Waals surface area contributed by atoms with Gasteiger partial charge in [0.2, 0.25) is 6.10 Å². The summed E-state index contributed by atoms with van der Waals surface area (Å²) in [4.78, 5) is 20.1. The van der Waals surface area contributed by atoms with Crippen molar-refractivity contribution < 1.29 is 14.4 Å². The van der Waals surface area contributed by atoms with Crippen molar-refractivity contribution in [1.29, 1.82) is 0 Å². The average Bonchev–Trinajstić information content (AvgIpc) is 2.78. The molecule has 0 saturated carbocycles.